The van der Waals surface area contributed by atoms with E-state index in [4.69, 9.17) is 18.9 Å². The molecule has 8 heteroatoms. The first kappa shape index (κ1) is 16.5. The summed E-state index contributed by atoms with van der Waals surface area (Å²) < 4.78 is 24.3. The van der Waals surface area contributed by atoms with Gasteiger partial charge in [0.25, 0.3) is 5.91 Å². The molecule has 0 spiro atoms. The number of benzene rings is 2. The Morgan fingerprint density at radius 1 is 1.23 bits per heavy atom. The topological polar surface area (TPSA) is 71.3 Å². The van der Waals surface area contributed by atoms with Crippen molar-refractivity contribution >= 4 is 27.5 Å². The van der Waals surface area contributed by atoms with E-state index in [9.17, 15) is 4.79 Å². The lowest BCUT2D eigenvalue weighted by atomic mass is 10.3. The summed E-state index contributed by atoms with van der Waals surface area (Å²) in [5.74, 6) is 2.10. The second kappa shape index (κ2) is 6.72. The number of carbonyl (C=O) groups is 1. The van der Waals surface area contributed by atoms with E-state index >= 15 is 0 Å². The van der Waals surface area contributed by atoms with Crippen LogP contribution in [0.2, 0.25) is 0 Å². The van der Waals surface area contributed by atoms with E-state index in [-0.39, 0.29) is 19.3 Å². The largest absolute Gasteiger partial charge is 0.493 e. The smallest absolute Gasteiger partial charge is 0.286 e. The summed E-state index contributed by atoms with van der Waals surface area (Å²) in [6.45, 7) is 0.0592. The molecule has 1 aliphatic heterocycles. The number of amides is 1. The standard InChI is InChI=1S/C18H16N2O5S/c1-20-11-7-14-15(25-10-24-14)8-16(11)26-18(20)19-17(21)9-23-13-6-4-3-5-12(13)22-2/h3-8H,9-10H2,1-2H3. The van der Waals surface area contributed by atoms with Crippen LogP contribution in [0.3, 0.4) is 0 Å². The maximum atomic E-state index is 12.2. The van der Waals surface area contributed by atoms with Crippen LogP contribution in [0.1, 0.15) is 0 Å². The van der Waals surface area contributed by atoms with Gasteiger partial charge in [-0.2, -0.15) is 4.99 Å². The van der Waals surface area contributed by atoms with Gasteiger partial charge in [-0.25, -0.2) is 0 Å². The molecule has 0 radical (unpaired) electrons. The zero-order chi connectivity index (χ0) is 18.1. The van der Waals surface area contributed by atoms with Gasteiger partial charge in [0.2, 0.25) is 6.79 Å². The second-order valence-electron chi connectivity index (χ2n) is 5.56. The molecular weight excluding hydrogens is 356 g/mol. The van der Waals surface area contributed by atoms with Crippen LogP contribution in [-0.2, 0) is 11.8 Å². The SMILES string of the molecule is COc1ccccc1OCC(=O)N=c1sc2cc3c(cc2n1C)OCO3. The number of hydrogen-bond acceptors (Lipinski definition) is 6. The summed E-state index contributed by atoms with van der Waals surface area (Å²) in [6.07, 6.45) is 0. The third-order valence-corrected chi connectivity index (χ3v) is 5.04. The fourth-order valence-corrected chi connectivity index (χ4v) is 3.69. The summed E-state index contributed by atoms with van der Waals surface area (Å²) in [7, 11) is 3.41. The number of ether oxygens (including phenoxy) is 4. The molecule has 2 heterocycles. The molecule has 2 aromatic carbocycles. The third kappa shape index (κ3) is 2.99. The van der Waals surface area contributed by atoms with Crippen LogP contribution in [0.25, 0.3) is 10.2 Å². The maximum Gasteiger partial charge on any atom is 0.286 e. The van der Waals surface area contributed by atoms with Gasteiger partial charge in [0.05, 0.1) is 17.3 Å². The molecule has 26 heavy (non-hydrogen) atoms. The number of hydrogen-bond donors (Lipinski definition) is 0. The van der Waals surface area contributed by atoms with Crippen LogP contribution in [0, 0.1) is 0 Å². The Labute approximate surface area is 153 Å². The van der Waals surface area contributed by atoms with Gasteiger partial charge in [0, 0.05) is 19.2 Å². The van der Waals surface area contributed by atoms with Crippen molar-refractivity contribution in [1.82, 2.24) is 4.57 Å². The zero-order valence-corrected chi connectivity index (χ0v) is 15.0. The highest BCUT2D eigenvalue weighted by molar-refractivity contribution is 7.16. The summed E-state index contributed by atoms with van der Waals surface area (Å²) in [5.41, 5.74) is 0.927. The van der Waals surface area contributed by atoms with E-state index in [2.05, 4.69) is 4.99 Å². The molecule has 7 nitrogen and oxygen atoms in total. The number of nitrogens with zero attached hydrogens (tertiary/aromatic N) is 2. The molecule has 0 N–H and O–H groups in total. The van der Waals surface area contributed by atoms with Gasteiger partial charge in [-0.3, -0.25) is 4.79 Å². The molecule has 0 atom stereocenters. The minimum atomic E-state index is -0.377. The first-order chi connectivity index (χ1) is 12.7. The highest BCUT2D eigenvalue weighted by Crippen LogP contribution is 2.36. The predicted octanol–water partition coefficient (Wildman–Crippen LogP) is 2.48. The summed E-state index contributed by atoms with van der Waals surface area (Å²) in [4.78, 5) is 17.0. The number of fused-ring (bicyclic) bond motifs is 2. The van der Waals surface area contributed by atoms with Crippen molar-refractivity contribution < 1.29 is 23.7 Å². The normalized spacial score (nSPS) is 13.2. The van der Waals surface area contributed by atoms with Crippen molar-refractivity contribution in [3.63, 3.8) is 0 Å². The molecule has 134 valence electrons. The molecule has 3 aromatic rings. The lowest BCUT2D eigenvalue weighted by molar-refractivity contribution is -0.120. The van der Waals surface area contributed by atoms with E-state index in [0.29, 0.717) is 27.8 Å². The van der Waals surface area contributed by atoms with Gasteiger partial charge in [-0.15, -0.1) is 0 Å². The van der Waals surface area contributed by atoms with Gasteiger partial charge in [-0.1, -0.05) is 23.5 Å². The Balaban J connectivity index is 1.58. The Bertz CT molecular complexity index is 1050. The van der Waals surface area contributed by atoms with Crippen molar-refractivity contribution in [2.45, 2.75) is 0 Å². The Hall–Kier alpha value is -3.00. The van der Waals surface area contributed by atoms with Gasteiger partial charge < -0.3 is 23.5 Å². The number of rotatable bonds is 4. The van der Waals surface area contributed by atoms with Crippen molar-refractivity contribution in [2.24, 2.45) is 12.0 Å². The predicted molar refractivity (Wildman–Crippen MR) is 96.0 cm³/mol. The highest BCUT2D eigenvalue weighted by Gasteiger charge is 2.17. The molecule has 0 aliphatic carbocycles. The quantitative estimate of drug-likeness (QED) is 0.704. The van der Waals surface area contributed by atoms with Crippen molar-refractivity contribution in [1.29, 1.82) is 0 Å². The highest BCUT2D eigenvalue weighted by atomic mass is 32.1. The van der Waals surface area contributed by atoms with Gasteiger partial charge >= 0.3 is 0 Å². The number of aromatic nitrogens is 1. The van der Waals surface area contributed by atoms with Crippen molar-refractivity contribution in [2.75, 3.05) is 20.5 Å². The van der Waals surface area contributed by atoms with E-state index in [1.807, 2.05) is 35.9 Å². The van der Waals surface area contributed by atoms with Gasteiger partial charge in [0.15, 0.2) is 34.4 Å². The second-order valence-corrected chi connectivity index (χ2v) is 6.57. The molecule has 0 fully saturated rings. The lowest BCUT2D eigenvalue weighted by Gasteiger charge is -2.08. The molecule has 1 aromatic heterocycles. The molecule has 1 amide bonds. The number of para-hydroxylation sites is 2. The van der Waals surface area contributed by atoms with E-state index in [1.165, 1.54) is 11.3 Å². The molecule has 4 rings (SSSR count). The summed E-state index contributed by atoms with van der Waals surface area (Å²) in [6, 6.07) is 11.0. The van der Waals surface area contributed by atoms with E-state index in [0.717, 1.165) is 10.2 Å². The lowest BCUT2D eigenvalue weighted by Crippen LogP contribution is -2.17. The molecule has 0 bridgehead atoms. The molecule has 0 unspecified atom stereocenters. The average molecular weight is 372 g/mol. The number of thiazole rings is 1. The van der Waals surface area contributed by atoms with Crippen LogP contribution < -0.4 is 23.7 Å². The minimum absolute atomic E-state index is 0.169. The molecule has 0 saturated heterocycles. The Kier molecular flexibility index (Phi) is 4.26. The zero-order valence-electron chi connectivity index (χ0n) is 14.2. The van der Waals surface area contributed by atoms with Crippen molar-refractivity contribution in [3.05, 3.63) is 41.2 Å². The van der Waals surface area contributed by atoms with Crippen LogP contribution in [-0.4, -0.2) is 31.0 Å². The summed E-state index contributed by atoms with van der Waals surface area (Å²) in [5, 5.41) is 0. The molecular formula is C18H16N2O5S. The van der Waals surface area contributed by atoms with Crippen LogP contribution >= 0.6 is 11.3 Å². The fraction of sp³-hybridized carbons (Fsp3) is 0.222. The number of methoxy groups -OCH3 is 1. The number of carbonyl (C=O) groups excluding carboxylic acids is 1. The van der Waals surface area contributed by atoms with E-state index in [1.54, 1.807) is 19.2 Å². The first-order valence-electron chi connectivity index (χ1n) is 7.88. The number of aryl methyl sites for hydroxylation is 1. The Morgan fingerprint density at radius 3 is 2.73 bits per heavy atom. The van der Waals surface area contributed by atoms with Crippen LogP contribution in [0.15, 0.2) is 41.4 Å². The van der Waals surface area contributed by atoms with Gasteiger partial charge in [-0.05, 0) is 12.1 Å². The van der Waals surface area contributed by atoms with Crippen LogP contribution in [0.5, 0.6) is 23.0 Å². The van der Waals surface area contributed by atoms with Gasteiger partial charge in [0.1, 0.15) is 0 Å². The van der Waals surface area contributed by atoms with E-state index < -0.39 is 0 Å². The van der Waals surface area contributed by atoms with Crippen LogP contribution in [0.4, 0.5) is 0 Å². The molecule has 0 saturated carbocycles. The Morgan fingerprint density at radius 2 is 1.96 bits per heavy atom. The maximum absolute atomic E-state index is 12.2. The average Bonchev–Trinajstić information content (AvgIpc) is 3.23. The minimum Gasteiger partial charge on any atom is -0.493 e. The fourth-order valence-electron chi connectivity index (χ4n) is 2.64. The first-order valence-corrected chi connectivity index (χ1v) is 8.70. The van der Waals surface area contributed by atoms with Crippen molar-refractivity contribution in [3.8, 4) is 23.0 Å². The summed E-state index contributed by atoms with van der Waals surface area (Å²) >= 11 is 1.41. The third-order valence-electron chi connectivity index (χ3n) is 3.94. The monoisotopic (exact) mass is 372 g/mol. The molecule has 1 aliphatic rings.